The summed E-state index contributed by atoms with van der Waals surface area (Å²) in [7, 11) is 0. The van der Waals surface area contributed by atoms with Crippen molar-refractivity contribution >= 4 is 0 Å². The van der Waals surface area contributed by atoms with Crippen molar-refractivity contribution in [1.29, 1.82) is 5.26 Å². The zero-order valence-electron chi connectivity index (χ0n) is 9.12. The van der Waals surface area contributed by atoms with Crippen LogP contribution in [-0.4, -0.2) is 12.2 Å². The van der Waals surface area contributed by atoms with E-state index in [0.29, 0.717) is 12.0 Å². The molecule has 2 heterocycles. The molecular weight excluding hydrogens is 174 g/mol. The van der Waals surface area contributed by atoms with Gasteiger partial charge < -0.3 is 4.74 Å². The second kappa shape index (κ2) is 3.55. The average molecular weight is 193 g/mol. The third-order valence-electron chi connectivity index (χ3n) is 4.06. The molecule has 14 heavy (non-hydrogen) atoms. The second-order valence-electron chi connectivity index (χ2n) is 4.87. The maximum Gasteiger partial charge on any atom is 0.0885 e. The van der Waals surface area contributed by atoms with Crippen molar-refractivity contribution in [3.63, 3.8) is 0 Å². The first-order valence-corrected chi connectivity index (χ1v) is 5.79. The molecule has 4 unspecified atom stereocenters. The first-order chi connectivity index (χ1) is 6.73. The topological polar surface area (TPSA) is 33.0 Å². The third kappa shape index (κ3) is 1.26. The highest BCUT2D eigenvalue weighted by atomic mass is 16.5. The monoisotopic (exact) mass is 193 g/mol. The summed E-state index contributed by atoms with van der Waals surface area (Å²) in [6.45, 7) is 4.41. The maximum atomic E-state index is 9.41. The first kappa shape index (κ1) is 9.98. The molecule has 0 spiro atoms. The zero-order valence-corrected chi connectivity index (χ0v) is 9.12. The highest BCUT2D eigenvalue weighted by Crippen LogP contribution is 2.52. The highest BCUT2D eigenvalue weighted by molar-refractivity contribution is 5.14. The van der Waals surface area contributed by atoms with Crippen LogP contribution in [0.15, 0.2) is 0 Å². The molecule has 0 N–H and O–H groups in total. The number of ether oxygens (including phenoxy) is 1. The average Bonchev–Trinajstić information content (AvgIpc) is 2.77. The molecule has 2 rings (SSSR count). The van der Waals surface area contributed by atoms with Gasteiger partial charge in [0.05, 0.1) is 23.7 Å². The van der Waals surface area contributed by atoms with Gasteiger partial charge in [-0.25, -0.2) is 0 Å². The van der Waals surface area contributed by atoms with Crippen LogP contribution in [0.3, 0.4) is 0 Å². The standard InChI is InChI=1S/C12H19NO/c1-3-4-9(2)12(8-13)7-10-5-6-11(12)14-10/h9-11H,3-7H2,1-2H3. The van der Waals surface area contributed by atoms with Crippen molar-refractivity contribution < 1.29 is 4.74 Å². The summed E-state index contributed by atoms with van der Waals surface area (Å²) in [5.74, 6) is 0.493. The predicted molar refractivity (Wildman–Crippen MR) is 54.6 cm³/mol. The van der Waals surface area contributed by atoms with Gasteiger partial charge in [-0.05, 0) is 31.6 Å². The van der Waals surface area contributed by atoms with Crippen LogP contribution >= 0.6 is 0 Å². The number of hydrogen-bond donors (Lipinski definition) is 0. The van der Waals surface area contributed by atoms with E-state index < -0.39 is 0 Å². The summed E-state index contributed by atoms with van der Waals surface area (Å²) < 4.78 is 5.82. The smallest absolute Gasteiger partial charge is 0.0885 e. The largest absolute Gasteiger partial charge is 0.373 e. The summed E-state index contributed by atoms with van der Waals surface area (Å²) >= 11 is 0. The van der Waals surface area contributed by atoms with E-state index >= 15 is 0 Å². The van der Waals surface area contributed by atoms with Crippen LogP contribution in [0, 0.1) is 22.7 Å². The SMILES string of the molecule is CCCC(C)C1(C#N)CC2CCC1O2. The molecule has 78 valence electrons. The van der Waals surface area contributed by atoms with Crippen LogP contribution in [0.1, 0.15) is 46.0 Å². The van der Waals surface area contributed by atoms with Crippen LogP contribution in [0.2, 0.25) is 0 Å². The molecule has 2 saturated heterocycles. The van der Waals surface area contributed by atoms with E-state index in [2.05, 4.69) is 19.9 Å². The van der Waals surface area contributed by atoms with Gasteiger partial charge in [0, 0.05) is 0 Å². The van der Waals surface area contributed by atoms with Gasteiger partial charge in [0.1, 0.15) is 0 Å². The lowest BCUT2D eigenvalue weighted by molar-refractivity contribution is 0.0590. The summed E-state index contributed by atoms with van der Waals surface area (Å²) in [5.41, 5.74) is -0.154. The number of nitriles is 1. The molecule has 0 aromatic carbocycles. The minimum absolute atomic E-state index is 0.154. The van der Waals surface area contributed by atoms with Crippen molar-refractivity contribution in [2.24, 2.45) is 11.3 Å². The van der Waals surface area contributed by atoms with E-state index in [1.165, 1.54) is 12.8 Å². The molecule has 2 nitrogen and oxygen atoms in total. The van der Waals surface area contributed by atoms with Gasteiger partial charge in [-0.1, -0.05) is 20.3 Å². The van der Waals surface area contributed by atoms with Crippen molar-refractivity contribution in [3.05, 3.63) is 0 Å². The van der Waals surface area contributed by atoms with Gasteiger partial charge in [-0.15, -0.1) is 0 Å². The molecule has 2 aliphatic heterocycles. The lowest BCUT2D eigenvalue weighted by atomic mass is 9.66. The van der Waals surface area contributed by atoms with E-state index in [4.69, 9.17) is 4.74 Å². The van der Waals surface area contributed by atoms with Gasteiger partial charge in [-0.2, -0.15) is 5.26 Å². The van der Waals surface area contributed by atoms with Crippen LogP contribution in [0.4, 0.5) is 0 Å². The third-order valence-corrected chi connectivity index (χ3v) is 4.06. The quantitative estimate of drug-likeness (QED) is 0.690. The predicted octanol–water partition coefficient (Wildman–Crippen LogP) is 2.88. The molecule has 4 atom stereocenters. The van der Waals surface area contributed by atoms with Gasteiger partial charge >= 0.3 is 0 Å². The van der Waals surface area contributed by atoms with Crippen molar-refractivity contribution in [2.45, 2.75) is 58.2 Å². The van der Waals surface area contributed by atoms with E-state index in [1.807, 2.05) is 0 Å². The Kier molecular flexibility index (Phi) is 2.53. The molecule has 0 saturated carbocycles. The van der Waals surface area contributed by atoms with Gasteiger partial charge in [0.15, 0.2) is 0 Å². The normalized spacial score (nSPS) is 42.4. The van der Waals surface area contributed by atoms with E-state index in [1.54, 1.807) is 0 Å². The Morgan fingerprint density at radius 3 is 2.79 bits per heavy atom. The van der Waals surface area contributed by atoms with Crippen LogP contribution in [0.25, 0.3) is 0 Å². The molecule has 2 bridgehead atoms. The number of fused-ring (bicyclic) bond motifs is 2. The summed E-state index contributed by atoms with van der Waals surface area (Å²) in [6, 6.07) is 2.57. The molecule has 2 heteroatoms. The molecular formula is C12H19NO. The minimum atomic E-state index is -0.154. The minimum Gasteiger partial charge on any atom is -0.373 e. The van der Waals surface area contributed by atoms with Crippen molar-refractivity contribution in [2.75, 3.05) is 0 Å². The summed E-state index contributed by atoms with van der Waals surface area (Å²) in [4.78, 5) is 0. The summed E-state index contributed by atoms with van der Waals surface area (Å²) in [5, 5.41) is 9.41. The maximum absolute atomic E-state index is 9.41. The second-order valence-corrected chi connectivity index (χ2v) is 4.87. The Morgan fingerprint density at radius 2 is 2.36 bits per heavy atom. The Hall–Kier alpha value is -0.550. The Balaban J connectivity index is 2.15. The Labute approximate surface area is 86.2 Å². The summed E-state index contributed by atoms with van der Waals surface area (Å²) in [6.07, 6.45) is 6.20. The molecule has 2 fully saturated rings. The molecule has 0 aliphatic carbocycles. The number of hydrogen-bond acceptors (Lipinski definition) is 2. The Morgan fingerprint density at radius 1 is 1.57 bits per heavy atom. The fourth-order valence-electron chi connectivity index (χ4n) is 3.18. The van der Waals surface area contributed by atoms with Crippen LogP contribution in [-0.2, 0) is 4.74 Å². The van der Waals surface area contributed by atoms with Gasteiger partial charge in [-0.3, -0.25) is 0 Å². The fraction of sp³-hybridized carbons (Fsp3) is 0.917. The number of rotatable bonds is 3. The number of nitrogens with zero attached hydrogens (tertiary/aromatic N) is 1. The van der Waals surface area contributed by atoms with Crippen molar-refractivity contribution in [1.82, 2.24) is 0 Å². The van der Waals surface area contributed by atoms with Crippen LogP contribution in [0.5, 0.6) is 0 Å². The Bertz CT molecular complexity index is 258. The van der Waals surface area contributed by atoms with Crippen LogP contribution < -0.4 is 0 Å². The first-order valence-electron chi connectivity index (χ1n) is 5.79. The highest BCUT2D eigenvalue weighted by Gasteiger charge is 2.55. The molecule has 0 radical (unpaired) electrons. The van der Waals surface area contributed by atoms with Gasteiger partial charge in [0.2, 0.25) is 0 Å². The molecule has 0 amide bonds. The fourth-order valence-corrected chi connectivity index (χ4v) is 3.18. The lowest BCUT2D eigenvalue weighted by Gasteiger charge is -2.34. The molecule has 0 aromatic rings. The van der Waals surface area contributed by atoms with Crippen molar-refractivity contribution in [3.8, 4) is 6.07 Å². The van der Waals surface area contributed by atoms with E-state index in [-0.39, 0.29) is 11.5 Å². The van der Waals surface area contributed by atoms with E-state index in [0.717, 1.165) is 19.3 Å². The molecule has 2 aliphatic rings. The lowest BCUT2D eigenvalue weighted by Crippen LogP contribution is -2.37. The van der Waals surface area contributed by atoms with Gasteiger partial charge in [0.25, 0.3) is 0 Å². The zero-order chi connectivity index (χ0) is 10.2. The molecule has 0 aromatic heterocycles. The van der Waals surface area contributed by atoms with E-state index in [9.17, 15) is 5.26 Å².